The molecule has 1 heterocycles. The number of hydrogen-bond donors (Lipinski definition) is 2. The quantitative estimate of drug-likeness (QED) is 0.643. The van der Waals surface area contributed by atoms with E-state index in [-0.39, 0.29) is 21.4 Å². The number of carboxylic acids is 1. The second-order valence-corrected chi connectivity index (χ2v) is 5.75. The average Bonchev–Trinajstić information content (AvgIpc) is 2.88. The van der Waals surface area contributed by atoms with Crippen LogP contribution in [0.2, 0.25) is 10.0 Å². The van der Waals surface area contributed by atoms with Gasteiger partial charge >= 0.3 is 12.1 Å². The van der Waals surface area contributed by atoms with Crippen molar-refractivity contribution in [2.24, 2.45) is 0 Å². The first-order chi connectivity index (χ1) is 11.2. The Kier molecular flexibility index (Phi) is 3.93. The largest absolute Gasteiger partial charge is 0.478 e. The van der Waals surface area contributed by atoms with Crippen LogP contribution in [-0.2, 0) is 6.18 Å². The first kappa shape index (κ1) is 16.6. The van der Waals surface area contributed by atoms with Gasteiger partial charge in [0, 0.05) is 5.56 Å². The number of nitrogens with zero attached hydrogens (tertiary/aromatic N) is 1. The Labute approximate surface area is 142 Å². The molecule has 2 N–H and O–H groups in total. The van der Waals surface area contributed by atoms with E-state index in [1.165, 1.54) is 12.1 Å². The van der Waals surface area contributed by atoms with Crippen molar-refractivity contribution in [3.05, 3.63) is 51.5 Å². The van der Waals surface area contributed by atoms with E-state index in [0.29, 0.717) is 17.1 Å². The van der Waals surface area contributed by atoms with Crippen LogP contribution < -0.4 is 0 Å². The van der Waals surface area contributed by atoms with E-state index in [9.17, 15) is 23.1 Å². The van der Waals surface area contributed by atoms with Gasteiger partial charge in [-0.2, -0.15) is 13.2 Å². The van der Waals surface area contributed by atoms with Crippen molar-refractivity contribution in [1.82, 2.24) is 9.97 Å². The highest BCUT2D eigenvalue weighted by atomic mass is 35.5. The van der Waals surface area contributed by atoms with Crippen molar-refractivity contribution < 1.29 is 23.1 Å². The van der Waals surface area contributed by atoms with E-state index in [0.717, 1.165) is 12.1 Å². The van der Waals surface area contributed by atoms with Gasteiger partial charge in [-0.1, -0.05) is 23.2 Å². The predicted molar refractivity (Wildman–Crippen MR) is 83.5 cm³/mol. The molecule has 0 saturated heterocycles. The minimum atomic E-state index is -4.64. The molecule has 0 saturated carbocycles. The molecule has 0 spiro atoms. The van der Waals surface area contributed by atoms with Crippen LogP contribution in [0, 0.1) is 0 Å². The summed E-state index contributed by atoms with van der Waals surface area (Å²) in [6.45, 7) is 0. The van der Waals surface area contributed by atoms with Gasteiger partial charge in [0.15, 0.2) is 0 Å². The number of alkyl halides is 3. The summed E-state index contributed by atoms with van der Waals surface area (Å²) in [4.78, 5) is 18.4. The van der Waals surface area contributed by atoms with E-state index >= 15 is 0 Å². The summed E-state index contributed by atoms with van der Waals surface area (Å²) in [7, 11) is 0. The molecule has 0 aliphatic rings. The fourth-order valence-corrected chi connectivity index (χ4v) is 2.56. The molecule has 24 heavy (non-hydrogen) atoms. The molecule has 0 bridgehead atoms. The van der Waals surface area contributed by atoms with Gasteiger partial charge in [-0.15, -0.1) is 0 Å². The Morgan fingerprint density at radius 3 is 2.42 bits per heavy atom. The van der Waals surface area contributed by atoms with Crippen LogP contribution in [0.15, 0.2) is 30.3 Å². The number of aromatic amines is 1. The highest BCUT2D eigenvalue weighted by Gasteiger charge is 2.32. The van der Waals surface area contributed by atoms with Crippen LogP contribution >= 0.6 is 23.2 Å². The lowest BCUT2D eigenvalue weighted by molar-refractivity contribution is -0.137. The Morgan fingerprint density at radius 1 is 1.12 bits per heavy atom. The number of carboxylic acid groups (broad SMARTS) is 1. The van der Waals surface area contributed by atoms with E-state index in [1.54, 1.807) is 0 Å². The number of rotatable bonds is 2. The SMILES string of the molecule is O=C(O)c1cc(C(F)(F)F)ccc1-c1nc2cc(Cl)c(Cl)cc2[nH]1. The van der Waals surface area contributed by atoms with Crippen LogP contribution in [0.5, 0.6) is 0 Å². The van der Waals surface area contributed by atoms with Crippen molar-refractivity contribution >= 4 is 40.2 Å². The van der Waals surface area contributed by atoms with Crippen LogP contribution in [0.1, 0.15) is 15.9 Å². The third-order valence-corrected chi connectivity index (χ3v) is 4.08. The predicted octanol–water partition coefficient (Wildman–Crippen LogP) is 5.25. The Balaban J connectivity index is 2.20. The molecule has 0 aliphatic heterocycles. The zero-order valence-corrected chi connectivity index (χ0v) is 13.1. The van der Waals surface area contributed by atoms with Gasteiger partial charge in [0.25, 0.3) is 0 Å². The number of imidazole rings is 1. The normalized spacial score (nSPS) is 11.9. The van der Waals surface area contributed by atoms with Crippen molar-refractivity contribution in [2.75, 3.05) is 0 Å². The first-order valence-corrected chi connectivity index (χ1v) is 7.22. The van der Waals surface area contributed by atoms with E-state index in [2.05, 4.69) is 9.97 Å². The highest BCUT2D eigenvalue weighted by Crippen LogP contribution is 2.34. The van der Waals surface area contributed by atoms with Crippen molar-refractivity contribution in [3.8, 4) is 11.4 Å². The number of aromatic carboxylic acids is 1. The molecule has 0 atom stereocenters. The highest BCUT2D eigenvalue weighted by molar-refractivity contribution is 6.42. The van der Waals surface area contributed by atoms with Gasteiger partial charge in [0.1, 0.15) is 5.82 Å². The van der Waals surface area contributed by atoms with Gasteiger partial charge in [0.05, 0.1) is 32.2 Å². The third kappa shape index (κ3) is 2.92. The minimum Gasteiger partial charge on any atom is -0.478 e. The fourth-order valence-electron chi connectivity index (χ4n) is 2.24. The fraction of sp³-hybridized carbons (Fsp3) is 0.0667. The molecule has 2 aromatic carbocycles. The summed E-state index contributed by atoms with van der Waals surface area (Å²) < 4.78 is 38.3. The molecule has 3 rings (SSSR count). The topological polar surface area (TPSA) is 66.0 Å². The van der Waals surface area contributed by atoms with Crippen LogP contribution in [0.3, 0.4) is 0 Å². The molecule has 4 nitrogen and oxygen atoms in total. The van der Waals surface area contributed by atoms with Crippen LogP contribution in [0.4, 0.5) is 13.2 Å². The molecular weight excluding hydrogens is 368 g/mol. The number of fused-ring (bicyclic) bond motifs is 1. The van der Waals surface area contributed by atoms with Gasteiger partial charge in [-0.05, 0) is 30.3 Å². The zero-order valence-electron chi connectivity index (χ0n) is 11.6. The van der Waals surface area contributed by atoms with Crippen molar-refractivity contribution in [1.29, 1.82) is 0 Å². The van der Waals surface area contributed by atoms with Crippen LogP contribution in [-0.4, -0.2) is 21.0 Å². The number of H-pyrrole nitrogens is 1. The smallest absolute Gasteiger partial charge is 0.416 e. The second kappa shape index (κ2) is 5.68. The van der Waals surface area contributed by atoms with Gasteiger partial charge in [-0.25, -0.2) is 9.78 Å². The molecule has 0 amide bonds. The number of benzene rings is 2. The maximum atomic E-state index is 12.8. The molecule has 0 fully saturated rings. The number of nitrogens with one attached hydrogen (secondary N) is 1. The molecule has 0 unspecified atom stereocenters. The molecule has 0 radical (unpaired) electrons. The monoisotopic (exact) mass is 374 g/mol. The number of aromatic nitrogens is 2. The van der Waals surface area contributed by atoms with Crippen molar-refractivity contribution in [2.45, 2.75) is 6.18 Å². The summed E-state index contributed by atoms with van der Waals surface area (Å²) in [5, 5.41) is 9.76. The lowest BCUT2D eigenvalue weighted by Crippen LogP contribution is -2.08. The average molecular weight is 375 g/mol. The summed E-state index contributed by atoms with van der Waals surface area (Å²) in [6.07, 6.45) is -4.64. The maximum absolute atomic E-state index is 12.8. The summed E-state index contributed by atoms with van der Waals surface area (Å²) >= 11 is 11.8. The van der Waals surface area contributed by atoms with Crippen LogP contribution in [0.25, 0.3) is 22.4 Å². The molecule has 3 aromatic rings. The zero-order chi connectivity index (χ0) is 17.6. The van der Waals surface area contributed by atoms with E-state index in [4.69, 9.17) is 23.2 Å². The molecule has 9 heteroatoms. The van der Waals surface area contributed by atoms with E-state index < -0.39 is 23.3 Å². The molecule has 124 valence electrons. The van der Waals surface area contributed by atoms with Gasteiger partial charge in [0.2, 0.25) is 0 Å². The Bertz CT molecular complexity index is 928. The number of hydrogen-bond acceptors (Lipinski definition) is 2. The standard InChI is InChI=1S/C15H7Cl2F3N2O2/c16-9-4-11-12(5-10(9)17)22-13(21-11)7-2-1-6(15(18,19)20)3-8(7)14(23)24/h1-5H,(H,21,22)(H,23,24). The third-order valence-electron chi connectivity index (χ3n) is 3.36. The summed E-state index contributed by atoms with van der Waals surface area (Å²) in [5.74, 6) is -1.39. The van der Waals surface area contributed by atoms with Gasteiger partial charge < -0.3 is 10.1 Å². The molecular formula is C15H7Cl2F3N2O2. The summed E-state index contributed by atoms with van der Waals surface area (Å²) in [5.41, 5.74) is -0.642. The van der Waals surface area contributed by atoms with E-state index in [1.807, 2.05) is 0 Å². The summed E-state index contributed by atoms with van der Waals surface area (Å²) in [6, 6.07) is 5.41. The Hall–Kier alpha value is -2.25. The van der Waals surface area contributed by atoms with Gasteiger partial charge in [-0.3, -0.25) is 0 Å². The molecule has 0 aliphatic carbocycles. The number of halogens is 5. The minimum absolute atomic E-state index is 0.0268. The second-order valence-electron chi connectivity index (χ2n) is 4.93. The maximum Gasteiger partial charge on any atom is 0.416 e. The Morgan fingerprint density at radius 2 is 1.79 bits per heavy atom. The number of carbonyl (C=O) groups is 1. The first-order valence-electron chi connectivity index (χ1n) is 6.46. The lowest BCUT2D eigenvalue weighted by Gasteiger charge is -2.09. The molecule has 1 aromatic heterocycles. The lowest BCUT2D eigenvalue weighted by atomic mass is 10.0. The van der Waals surface area contributed by atoms with Crippen molar-refractivity contribution in [3.63, 3.8) is 0 Å².